The minimum absolute atomic E-state index is 0.0489. The maximum atomic E-state index is 11.4. The van der Waals surface area contributed by atoms with Crippen LogP contribution in [0.15, 0.2) is 0 Å². The van der Waals surface area contributed by atoms with Crippen LogP contribution in [0.4, 0.5) is 4.79 Å². The topological polar surface area (TPSA) is 41.6 Å². The maximum Gasteiger partial charge on any atom is 0.407 e. The van der Waals surface area contributed by atoms with Crippen LogP contribution in [-0.4, -0.2) is 42.8 Å². The molecule has 0 bridgehead atoms. The highest BCUT2D eigenvalue weighted by atomic mass is 16.6. The van der Waals surface area contributed by atoms with Crippen LogP contribution in [0.2, 0.25) is 0 Å². The number of rotatable bonds is 5. The number of ether oxygens (including phenoxy) is 1. The fourth-order valence-corrected chi connectivity index (χ4v) is 2.05. The molecular weight excluding hydrogens is 216 g/mol. The molecule has 100 valence electrons. The van der Waals surface area contributed by atoms with E-state index in [-0.39, 0.29) is 18.2 Å². The molecule has 1 rings (SSSR count). The van der Waals surface area contributed by atoms with Crippen LogP contribution in [0.1, 0.15) is 39.5 Å². The summed E-state index contributed by atoms with van der Waals surface area (Å²) in [4.78, 5) is 13.9. The SMILES string of the molecule is [CH2-]CCCN1CCC(NC(=O)OC(C)C)CC1. The molecule has 0 atom stereocenters. The van der Waals surface area contributed by atoms with Crippen molar-refractivity contribution in [3.05, 3.63) is 6.92 Å². The average Bonchev–Trinajstić information content (AvgIpc) is 2.27. The first kappa shape index (κ1) is 14.3. The molecule has 0 aliphatic carbocycles. The Morgan fingerprint density at radius 1 is 1.47 bits per heavy atom. The van der Waals surface area contributed by atoms with Crippen molar-refractivity contribution in [2.24, 2.45) is 0 Å². The molecule has 0 aromatic heterocycles. The fraction of sp³-hybridized carbons (Fsp3) is 0.846. The molecule has 0 unspecified atom stereocenters. The monoisotopic (exact) mass is 241 g/mol. The van der Waals surface area contributed by atoms with Crippen molar-refractivity contribution in [3.8, 4) is 0 Å². The lowest BCUT2D eigenvalue weighted by Gasteiger charge is -2.32. The molecule has 17 heavy (non-hydrogen) atoms. The third-order valence-corrected chi connectivity index (χ3v) is 2.98. The van der Waals surface area contributed by atoms with Gasteiger partial charge in [0, 0.05) is 19.1 Å². The van der Waals surface area contributed by atoms with Crippen LogP contribution in [0.25, 0.3) is 0 Å². The van der Waals surface area contributed by atoms with Gasteiger partial charge >= 0.3 is 6.09 Å². The molecule has 4 heteroatoms. The Balaban J connectivity index is 2.16. The number of carbonyl (C=O) groups is 1. The number of carbonyl (C=O) groups excluding carboxylic acids is 1. The van der Waals surface area contributed by atoms with E-state index >= 15 is 0 Å². The molecule has 1 heterocycles. The molecule has 0 saturated carbocycles. The van der Waals surface area contributed by atoms with Gasteiger partial charge in [-0.1, -0.05) is 6.42 Å². The second kappa shape index (κ2) is 7.54. The van der Waals surface area contributed by atoms with Crippen molar-refractivity contribution in [3.63, 3.8) is 0 Å². The Kier molecular flexibility index (Phi) is 6.34. The average molecular weight is 241 g/mol. The predicted octanol–water partition coefficient (Wildman–Crippen LogP) is 2.20. The number of likely N-dealkylation sites (tertiary alicyclic amines) is 1. The first-order valence-corrected chi connectivity index (χ1v) is 6.60. The molecule has 1 saturated heterocycles. The van der Waals surface area contributed by atoms with Crippen molar-refractivity contribution in [1.29, 1.82) is 0 Å². The molecule has 0 spiro atoms. The Bertz CT molecular complexity index is 223. The van der Waals surface area contributed by atoms with Gasteiger partial charge in [-0.05, 0) is 33.2 Å². The van der Waals surface area contributed by atoms with Gasteiger partial charge in [-0.25, -0.2) is 4.79 Å². The Hall–Kier alpha value is -0.770. The summed E-state index contributed by atoms with van der Waals surface area (Å²) in [5.41, 5.74) is 0. The summed E-state index contributed by atoms with van der Waals surface area (Å²) in [5, 5.41) is 2.93. The second-order valence-electron chi connectivity index (χ2n) is 4.92. The van der Waals surface area contributed by atoms with E-state index in [0.717, 1.165) is 45.3 Å². The highest BCUT2D eigenvalue weighted by Gasteiger charge is 2.20. The third kappa shape index (κ3) is 5.91. The van der Waals surface area contributed by atoms with Crippen LogP contribution in [0.5, 0.6) is 0 Å². The number of amides is 1. The van der Waals surface area contributed by atoms with Crippen LogP contribution < -0.4 is 5.32 Å². The van der Waals surface area contributed by atoms with Gasteiger partial charge in [-0.15, -0.1) is 0 Å². The lowest BCUT2D eigenvalue weighted by atomic mass is 10.1. The van der Waals surface area contributed by atoms with Gasteiger partial charge < -0.3 is 21.9 Å². The Morgan fingerprint density at radius 2 is 2.12 bits per heavy atom. The van der Waals surface area contributed by atoms with E-state index in [9.17, 15) is 4.79 Å². The third-order valence-electron chi connectivity index (χ3n) is 2.98. The standard InChI is InChI=1S/C13H25N2O2/c1-4-5-8-15-9-6-12(7-10-15)14-13(16)17-11(2)3/h11-12H,1,4-10H2,2-3H3,(H,14,16)/q-1. The largest absolute Gasteiger partial charge is 0.447 e. The Labute approximate surface area is 105 Å². The highest BCUT2D eigenvalue weighted by Crippen LogP contribution is 2.11. The molecule has 4 nitrogen and oxygen atoms in total. The molecule has 1 N–H and O–H groups in total. The molecular formula is C13H25N2O2-. The van der Waals surface area contributed by atoms with Gasteiger partial charge in [0.05, 0.1) is 6.10 Å². The molecule has 0 aromatic rings. The van der Waals surface area contributed by atoms with Gasteiger partial charge in [0.2, 0.25) is 0 Å². The summed E-state index contributed by atoms with van der Waals surface area (Å²) < 4.78 is 5.07. The number of piperidine rings is 1. The summed E-state index contributed by atoms with van der Waals surface area (Å²) >= 11 is 0. The van der Waals surface area contributed by atoms with Crippen LogP contribution in [0, 0.1) is 6.92 Å². The van der Waals surface area contributed by atoms with E-state index in [1.165, 1.54) is 0 Å². The van der Waals surface area contributed by atoms with E-state index in [1.54, 1.807) is 0 Å². The normalized spacial score (nSPS) is 18.4. The maximum absolute atomic E-state index is 11.4. The minimum atomic E-state index is -0.281. The van der Waals surface area contributed by atoms with Gasteiger partial charge in [0.15, 0.2) is 0 Å². The quantitative estimate of drug-likeness (QED) is 0.750. The first-order chi connectivity index (χ1) is 8.11. The van der Waals surface area contributed by atoms with Crippen molar-refractivity contribution in [2.75, 3.05) is 19.6 Å². The number of hydrogen-bond donors (Lipinski definition) is 1. The molecule has 1 fully saturated rings. The van der Waals surface area contributed by atoms with E-state index < -0.39 is 0 Å². The van der Waals surface area contributed by atoms with E-state index in [4.69, 9.17) is 4.74 Å². The van der Waals surface area contributed by atoms with Gasteiger partial charge in [0.1, 0.15) is 0 Å². The van der Waals surface area contributed by atoms with Gasteiger partial charge in [0.25, 0.3) is 0 Å². The zero-order valence-corrected chi connectivity index (χ0v) is 11.1. The smallest absolute Gasteiger partial charge is 0.407 e. The molecule has 1 aliphatic rings. The number of unbranched alkanes of at least 4 members (excludes halogenated alkanes) is 1. The molecule has 0 aromatic carbocycles. The predicted molar refractivity (Wildman–Crippen MR) is 68.8 cm³/mol. The zero-order chi connectivity index (χ0) is 12.7. The number of nitrogens with zero attached hydrogens (tertiary/aromatic N) is 1. The number of alkyl carbamates (subject to hydrolysis) is 1. The summed E-state index contributed by atoms with van der Waals surface area (Å²) in [7, 11) is 0. The summed E-state index contributed by atoms with van der Waals surface area (Å²) in [6.45, 7) is 10.8. The summed E-state index contributed by atoms with van der Waals surface area (Å²) in [6, 6.07) is 0.275. The fourth-order valence-electron chi connectivity index (χ4n) is 2.05. The molecule has 1 amide bonds. The van der Waals surface area contributed by atoms with E-state index in [2.05, 4.69) is 17.1 Å². The van der Waals surface area contributed by atoms with Crippen LogP contribution in [-0.2, 0) is 4.74 Å². The van der Waals surface area contributed by atoms with Crippen LogP contribution in [0.3, 0.4) is 0 Å². The lowest BCUT2D eigenvalue weighted by molar-refractivity contribution is 0.106. The number of hydrogen-bond acceptors (Lipinski definition) is 3. The first-order valence-electron chi connectivity index (χ1n) is 6.60. The van der Waals surface area contributed by atoms with Gasteiger partial charge in [-0.2, -0.15) is 6.42 Å². The van der Waals surface area contributed by atoms with Crippen LogP contribution >= 0.6 is 0 Å². The van der Waals surface area contributed by atoms with E-state index in [1.807, 2.05) is 13.8 Å². The number of nitrogens with one attached hydrogen (secondary N) is 1. The second-order valence-corrected chi connectivity index (χ2v) is 4.92. The summed E-state index contributed by atoms with van der Waals surface area (Å²) in [5.74, 6) is 0. The van der Waals surface area contributed by atoms with Crippen molar-refractivity contribution >= 4 is 6.09 Å². The Morgan fingerprint density at radius 3 is 2.65 bits per heavy atom. The highest BCUT2D eigenvalue weighted by molar-refractivity contribution is 5.67. The van der Waals surface area contributed by atoms with Crippen molar-refractivity contribution in [2.45, 2.75) is 51.7 Å². The minimum Gasteiger partial charge on any atom is -0.447 e. The summed E-state index contributed by atoms with van der Waals surface area (Å²) in [6.07, 6.45) is 3.87. The molecule has 0 radical (unpaired) electrons. The lowest BCUT2D eigenvalue weighted by Crippen LogP contribution is -2.45. The van der Waals surface area contributed by atoms with Crippen molar-refractivity contribution < 1.29 is 9.53 Å². The van der Waals surface area contributed by atoms with E-state index in [0.29, 0.717) is 0 Å². The van der Waals surface area contributed by atoms with Crippen molar-refractivity contribution in [1.82, 2.24) is 10.2 Å². The molecule has 1 aliphatic heterocycles. The zero-order valence-electron chi connectivity index (χ0n) is 11.1. The van der Waals surface area contributed by atoms with Gasteiger partial charge in [-0.3, -0.25) is 0 Å².